The van der Waals surface area contributed by atoms with Gasteiger partial charge >= 0.3 is 0 Å². The van der Waals surface area contributed by atoms with Crippen molar-refractivity contribution < 1.29 is 37.6 Å². The monoisotopic (exact) mass is 2000 g/mol. The fraction of sp³-hybridized carbons (Fsp3) is 0.402. The Bertz CT molecular complexity index is 5890. The van der Waals surface area contributed by atoms with Crippen LogP contribution in [0.15, 0.2) is 341 Å². The highest BCUT2D eigenvalue weighted by Gasteiger charge is 2.56. The maximum Gasteiger partial charge on any atom is 0.125 e. The first-order valence-electron chi connectivity index (χ1n) is 54.1. The van der Waals surface area contributed by atoms with Gasteiger partial charge < -0.3 is 37.6 Å². The van der Waals surface area contributed by atoms with E-state index in [2.05, 4.69) is 206 Å². The van der Waals surface area contributed by atoms with Gasteiger partial charge in [-0.2, -0.15) is 0 Å². The minimum atomic E-state index is 0.286. The zero-order valence-corrected chi connectivity index (χ0v) is 91.5. The molecule has 9 aliphatic carbocycles. The molecule has 0 amide bonds. The summed E-state index contributed by atoms with van der Waals surface area (Å²) in [5.41, 5.74) is 17.3. The number of benzene rings is 11. The van der Waals surface area contributed by atoms with Crippen LogP contribution in [0.4, 0.5) is 5.69 Å². The summed E-state index contributed by atoms with van der Waals surface area (Å²) in [5, 5.41) is 0. The van der Waals surface area contributed by atoms with Crippen molar-refractivity contribution in [1.29, 1.82) is 0 Å². The number of fused-ring (bicyclic) bond motifs is 2. The Morgan fingerprint density at radius 2 is 0.718 bits per heavy atom. The summed E-state index contributed by atoms with van der Waals surface area (Å²) in [4.78, 5) is 40.8. The van der Waals surface area contributed by atoms with Crippen LogP contribution >= 0.6 is 0 Å². The molecule has 0 N–H and O–H groups in total. The number of rotatable bonds is 33. The highest BCUT2D eigenvalue weighted by molar-refractivity contribution is 5.85. The van der Waals surface area contributed by atoms with E-state index in [1.54, 1.807) is 56.0 Å². The van der Waals surface area contributed by atoms with Gasteiger partial charge in [0.1, 0.15) is 46.0 Å². The molecule has 9 aliphatic rings. The number of aliphatic imine (C=N–C) groups is 9. The van der Waals surface area contributed by atoms with Gasteiger partial charge in [-0.25, -0.2) is 0 Å². The summed E-state index contributed by atoms with van der Waals surface area (Å²) in [5.74, 6) is 13.3. The van der Waals surface area contributed by atoms with Gasteiger partial charge in [-0.3, -0.25) is 44.9 Å². The van der Waals surface area contributed by atoms with Gasteiger partial charge in [0, 0.05) is 88.2 Å². The van der Waals surface area contributed by atoms with E-state index < -0.39 is 0 Å². The predicted molar refractivity (Wildman–Crippen MR) is 627 cm³/mol. The number of unbranched alkanes of at least 4 members (excludes halogenated alkanes) is 2. The van der Waals surface area contributed by atoms with E-state index in [1.807, 2.05) is 226 Å². The first kappa shape index (κ1) is 116. The Labute approximate surface area is 891 Å². The third-order valence-corrected chi connectivity index (χ3v) is 29.1. The minimum absolute atomic E-state index is 0.286. The molecule has 17 heteroatoms. The average Bonchev–Trinajstić information content (AvgIpc) is 0.759. The first-order valence-corrected chi connectivity index (χ1v) is 54.1. The fourth-order valence-corrected chi connectivity index (χ4v) is 20.3. The molecule has 4 atom stereocenters. The number of methoxy groups -OCH3 is 7. The molecule has 9 saturated carbocycles. The van der Waals surface area contributed by atoms with E-state index in [-0.39, 0.29) is 5.54 Å². The second-order valence-electron chi connectivity index (χ2n) is 40.8. The second-order valence-corrected chi connectivity index (χ2v) is 40.8. The van der Waals surface area contributed by atoms with Gasteiger partial charge in [0.25, 0.3) is 0 Å². The zero-order valence-electron chi connectivity index (χ0n) is 91.5. The molecule has 0 spiro atoms. The molecule has 17 nitrogen and oxygen atoms in total. The van der Waals surface area contributed by atoms with Crippen LogP contribution in [0.1, 0.15) is 248 Å². The molecule has 0 unspecified atom stereocenters. The maximum atomic E-state index is 5.20. The summed E-state index contributed by atoms with van der Waals surface area (Å²) in [7, 11) is 11.7. The summed E-state index contributed by atoms with van der Waals surface area (Å²) in [6, 6.07) is 96.2. The van der Waals surface area contributed by atoms with E-state index in [0.717, 1.165) is 165 Å². The SMILES string of the molecule is CCCCCN=Cc1ccc(OC)cc1.CCCN=Cc1ccc(OC)cc1.COc1ccc(C=NC23CC4CC(CC(C4)C2)C3)cc1.COc1ccc(C=NC2CCCC2)cc1.COc1ccc(C=NCCc2ccccc2)cc1.COc1ccc(C=NCc2ccco2)cc1.COc1ccc(C=N[C@@H]2C[C@@H]3C[C@H]([C@H]2C)C3(C)C)cc1.Cc1ccc(C=NCC2CCCCC2)cc1.Cc1ccc(C=Nc2ccc(C)cc2)cc1. The van der Waals surface area contributed by atoms with Crippen molar-refractivity contribution in [1.82, 2.24) is 0 Å². The summed E-state index contributed by atoms with van der Waals surface area (Å²) >= 11 is 0. The Morgan fingerprint density at radius 3 is 1.12 bits per heavy atom. The van der Waals surface area contributed by atoms with E-state index >= 15 is 0 Å². The van der Waals surface area contributed by atoms with Crippen LogP contribution in [0.5, 0.6) is 40.2 Å². The molecule has 6 bridgehead atoms. The molecule has 0 aliphatic heterocycles. The second kappa shape index (κ2) is 64.6. The Kier molecular flexibility index (Phi) is 50.1. The molecule has 21 rings (SSSR count). The van der Waals surface area contributed by atoms with Crippen LogP contribution in [0, 0.1) is 67.6 Å². The topological polar surface area (TPSA) is 189 Å². The highest BCUT2D eigenvalue weighted by atomic mass is 16.5. The molecule has 1 aromatic heterocycles. The van der Waals surface area contributed by atoms with Crippen LogP contribution < -0.4 is 33.2 Å². The van der Waals surface area contributed by atoms with Gasteiger partial charge in [0.15, 0.2) is 0 Å². The normalized spacial score (nSPS) is 19.2. The Balaban J connectivity index is 0.000000160. The molecule has 1 heterocycles. The van der Waals surface area contributed by atoms with Crippen LogP contribution in [0.2, 0.25) is 0 Å². The van der Waals surface area contributed by atoms with E-state index in [0.29, 0.717) is 30.0 Å². The number of hydrogen-bond donors (Lipinski definition) is 0. The third-order valence-electron chi connectivity index (χ3n) is 29.1. The molecule has 0 saturated heterocycles. The Hall–Kier alpha value is -13.7. The van der Waals surface area contributed by atoms with Crippen LogP contribution in [0.3, 0.4) is 0 Å². The molecule has 786 valence electrons. The minimum Gasteiger partial charge on any atom is -0.497 e. The lowest BCUT2D eigenvalue weighted by molar-refractivity contribution is -0.108. The van der Waals surface area contributed by atoms with Crippen molar-refractivity contribution >= 4 is 61.6 Å². The number of aryl methyl sites for hydroxylation is 3. The standard InChI is InChI=1S/C18H23NO.C18H25NO.C16H17NO.C15H15N.C15H21N.C13H13NO2.C13H17NO.C13H19NO.C11H15NO/c1-20-17-4-2-13(3-5-17)12-19-18-9-14-6-15(10-18)8-16(7-14)11-18;1-12-16-9-14(18(16,2)3)10-17(12)19-11-13-5-7-15(20-4)8-6-13;1-18-16-9-7-15(8-10-16)13-17-12-11-14-5-3-2-4-6-14;1-12-3-7-14(8-4-12)11-16-15-9-5-13(2)6-10-15;1-13-7-9-15(10-8-13)12-16-11-14-5-3-2-4-6-14;1-15-12-6-4-11(5-7-12)9-14-10-13-3-2-8-16-13;1-15-13-8-6-11(7-9-13)10-14-12-4-2-3-5-12;1-3-4-5-10-14-11-12-6-8-13(15-2)9-7-12;1-3-8-12-9-10-4-6-11(13-2)7-5-10/h2-5,12,14-16H,6-11H2,1H3;5-8,11-12,14,16-17H,9-10H2,1-4H3;2-10,13H,11-12H2,1H3;3-11H,1-2H3;7-10,12,14H,2-6,11H2,1H3;2-9H,10H2,1H3;6-10,12H,2-5H2,1H3;6-9,11H,3-5,10H2,1-2H3;4-7,9H,3,8H2,1-2H3/t;12-,14+,16-,17-;;;;;;;/m.1......./s1. The maximum absolute atomic E-state index is 5.20. The lowest BCUT2D eigenvalue weighted by atomic mass is 9.45. The fourth-order valence-electron chi connectivity index (χ4n) is 20.3. The lowest BCUT2D eigenvalue weighted by Crippen LogP contribution is -2.56. The molecule has 149 heavy (non-hydrogen) atoms. The largest absolute Gasteiger partial charge is 0.497 e. The summed E-state index contributed by atoms with van der Waals surface area (Å²) in [6.45, 7) is 22.1. The van der Waals surface area contributed by atoms with Crippen LogP contribution in [-0.2, 0) is 13.0 Å². The van der Waals surface area contributed by atoms with E-state index in [1.165, 1.54) is 162 Å². The summed E-state index contributed by atoms with van der Waals surface area (Å²) in [6.07, 6.45) is 48.3. The third kappa shape index (κ3) is 41.8. The molecule has 0 radical (unpaired) electrons. The van der Waals surface area contributed by atoms with E-state index in [4.69, 9.17) is 47.6 Å². The van der Waals surface area contributed by atoms with E-state index in [9.17, 15) is 0 Å². The smallest absolute Gasteiger partial charge is 0.125 e. The van der Waals surface area contributed by atoms with Gasteiger partial charge in [-0.05, 0) is 414 Å². The van der Waals surface area contributed by atoms with Gasteiger partial charge in [-0.1, -0.05) is 187 Å². The quantitative estimate of drug-likeness (QED) is 0.0287. The van der Waals surface area contributed by atoms with Crippen molar-refractivity contribution in [3.05, 3.63) is 369 Å². The van der Waals surface area contributed by atoms with Gasteiger partial charge in [0.2, 0.25) is 0 Å². The Morgan fingerprint density at radius 1 is 0.342 bits per heavy atom. The van der Waals surface area contributed by atoms with Crippen molar-refractivity contribution in [3.63, 3.8) is 0 Å². The van der Waals surface area contributed by atoms with Crippen molar-refractivity contribution in [2.24, 2.45) is 91.8 Å². The van der Waals surface area contributed by atoms with Gasteiger partial charge in [0.05, 0.1) is 79.8 Å². The zero-order chi connectivity index (χ0) is 105. The van der Waals surface area contributed by atoms with Crippen LogP contribution in [-0.4, -0.2) is 150 Å². The van der Waals surface area contributed by atoms with Gasteiger partial charge in [-0.15, -0.1) is 0 Å². The summed E-state index contributed by atoms with van der Waals surface area (Å²) < 4.78 is 41.0. The number of ether oxygens (including phenoxy) is 7. The molecule has 11 aromatic carbocycles. The number of hydrogen-bond acceptors (Lipinski definition) is 17. The number of furan rings is 1. The molecule has 9 fully saturated rings. The van der Waals surface area contributed by atoms with Crippen molar-refractivity contribution in [3.8, 4) is 40.2 Å². The predicted octanol–water partition coefficient (Wildman–Crippen LogP) is 31.5. The molecular weight excluding hydrogens is 1840 g/mol. The van der Waals surface area contributed by atoms with Crippen molar-refractivity contribution in [2.45, 2.75) is 221 Å². The lowest BCUT2D eigenvalue weighted by Gasteiger charge is -2.61. The number of nitrogens with zero attached hydrogens (tertiary/aromatic N) is 9. The highest BCUT2D eigenvalue weighted by Crippen LogP contribution is 2.62. The molecule has 12 aromatic rings. The average molecular weight is 2010 g/mol. The first-order chi connectivity index (χ1) is 72.7. The molecular formula is C132H165N9O8. The van der Waals surface area contributed by atoms with Crippen LogP contribution in [0.25, 0.3) is 0 Å². The van der Waals surface area contributed by atoms with Crippen molar-refractivity contribution in [2.75, 3.05) is 75.9 Å².